The van der Waals surface area contributed by atoms with Crippen molar-refractivity contribution in [1.82, 2.24) is 13.9 Å². The molecule has 4 rings (SSSR count). The van der Waals surface area contributed by atoms with Gasteiger partial charge in [0.25, 0.3) is 5.56 Å². The van der Waals surface area contributed by atoms with E-state index in [4.69, 9.17) is 0 Å². The van der Waals surface area contributed by atoms with Gasteiger partial charge in [-0.1, -0.05) is 29.3 Å². The Morgan fingerprint density at radius 3 is 2.31 bits per heavy atom. The first-order valence-corrected chi connectivity index (χ1v) is 11.3. The fourth-order valence-corrected chi connectivity index (χ4v) is 5.77. The third-order valence-corrected chi connectivity index (χ3v) is 7.76. The van der Waals surface area contributed by atoms with Gasteiger partial charge in [0.15, 0.2) is 0 Å². The van der Waals surface area contributed by atoms with Gasteiger partial charge in [0, 0.05) is 19.1 Å². The van der Waals surface area contributed by atoms with Crippen LogP contribution in [0.1, 0.15) is 35.6 Å². The molecule has 1 aliphatic heterocycles. The van der Waals surface area contributed by atoms with Crippen LogP contribution in [0.2, 0.25) is 0 Å². The topological polar surface area (TPSA) is 72.3 Å². The van der Waals surface area contributed by atoms with E-state index in [0.29, 0.717) is 41.7 Å². The lowest BCUT2D eigenvalue weighted by molar-refractivity contribution is 0.269. The van der Waals surface area contributed by atoms with Crippen molar-refractivity contribution in [3.8, 4) is 0 Å². The second-order valence-electron chi connectivity index (χ2n) is 7.88. The van der Waals surface area contributed by atoms with E-state index in [1.807, 2.05) is 51.1 Å². The molecular formula is C22H25N3O3S. The Hall–Kier alpha value is -2.51. The van der Waals surface area contributed by atoms with Crippen LogP contribution in [0.4, 0.5) is 0 Å². The number of aromatic nitrogens is 2. The number of sulfonamides is 1. The second-order valence-corrected chi connectivity index (χ2v) is 9.79. The zero-order chi connectivity index (χ0) is 20.8. The maximum Gasteiger partial charge on any atom is 0.261 e. The van der Waals surface area contributed by atoms with Crippen LogP contribution in [-0.2, 0) is 10.0 Å². The van der Waals surface area contributed by atoms with Gasteiger partial charge in [-0.15, -0.1) is 0 Å². The molecule has 3 aromatic rings. The van der Waals surface area contributed by atoms with Gasteiger partial charge in [-0.05, 0) is 57.4 Å². The Morgan fingerprint density at radius 1 is 0.966 bits per heavy atom. The van der Waals surface area contributed by atoms with Crippen LogP contribution in [0, 0.1) is 20.8 Å². The second kappa shape index (κ2) is 7.39. The molecule has 0 N–H and O–H groups in total. The number of piperidine rings is 1. The van der Waals surface area contributed by atoms with Crippen LogP contribution in [0.5, 0.6) is 0 Å². The van der Waals surface area contributed by atoms with E-state index in [1.165, 1.54) is 4.31 Å². The van der Waals surface area contributed by atoms with Crippen LogP contribution in [0.15, 0.2) is 52.4 Å². The molecule has 2 heterocycles. The van der Waals surface area contributed by atoms with Crippen molar-refractivity contribution in [3.63, 3.8) is 0 Å². The monoisotopic (exact) mass is 411 g/mol. The van der Waals surface area contributed by atoms with Crippen molar-refractivity contribution in [2.24, 2.45) is 0 Å². The highest BCUT2D eigenvalue weighted by atomic mass is 32.2. The summed E-state index contributed by atoms with van der Waals surface area (Å²) in [6.07, 6.45) is 2.77. The Labute approximate surface area is 170 Å². The number of hydrogen-bond acceptors (Lipinski definition) is 4. The van der Waals surface area contributed by atoms with E-state index < -0.39 is 10.0 Å². The number of aryl methyl sites for hydroxylation is 3. The van der Waals surface area contributed by atoms with Crippen molar-refractivity contribution in [3.05, 3.63) is 69.8 Å². The lowest BCUT2D eigenvalue weighted by Crippen LogP contribution is -2.41. The van der Waals surface area contributed by atoms with Crippen molar-refractivity contribution < 1.29 is 8.42 Å². The Morgan fingerprint density at radius 2 is 1.62 bits per heavy atom. The number of benzene rings is 2. The summed E-state index contributed by atoms with van der Waals surface area (Å²) in [5.74, 6) is 0. The molecule has 0 bridgehead atoms. The molecule has 6 nitrogen and oxygen atoms in total. The standard InChI is InChI=1S/C22H25N3O3S/c1-15-5-7-21(17(3)12-15)29(27,28)24-10-8-18(9-11-24)25-14-23-20-6-4-16(2)13-19(20)22(25)26/h4-7,12-14,18H,8-11H2,1-3H3. The molecule has 0 saturated carbocycles. The Kier molecular flexibility index (Phi) is 5.04. The first-order chi connectivity index (χ1) is 13.8. The van der Waals surface area contributed by atoms with E-state index in [2.05, 4.69) is 4.98 Å². The van der Waals surface area contributed by atoms with Gasteiger partial charge in [0.05, 0.1) is 22.1 Å². The minimum Gasteiger partial charge on any atom is -0.296 e. The van der Waals surface area contributed by atoms with Crippen molar-refractivity contribution in [2.45, 2.75) is 44.6 Å². The molecule has 152 valence electrons. The van der Waals surface area contributed by atoms with Gasteiger partial charge in [0.2, 0.25) is 10.0 Å². The predicted molar refractivity (Wildman–Crippen MR) is 114 cm³/mol. The van der Waals surface area contributed by atoms with Gasteiger partial charge in [-0.2, -0.15) is 4.31 Å². The number of fused-ring (bicyclic) bond motifs is 1. The Bertz CT molecular complexity index is 1240. The third-order valence-electron chi connectivity index (χ3n) is 5.70. The molecular weight excluding hydrogens is 386 g/mol. The normalized spacial score (nSPS) is 16.4. The molecule has 2 aromatic carbocycles. The predicted octanol–water partition coefficient (Wildman–Crippen LogP) is 3.35. The maximum atomic E-state index is 13.1. The zero-order valence-electron chi connectivity index (χ0n) is 16.9. The molecule has 7 heteroatoms. The fourth-order valence-electron chi connectivity index (χ4n) is 4.10. The SMILES string of the molecule is Cc1ccc(S(=O)(=O)N2CCC(n3cnc4ccc(C)cc4c3=O)CC2)c(C)c1. The molecule has 1 aromatic heterocycles. The molecule has 1 aliphatic rings. The summed E-state index contributed by atoms with van der Waals surface area (Å²) in [6.45, 7) is 6.50. The van der Waals surface area contributed by atoms with Crippen LogP contribution < -0.4 is 5.56 Å². The third kappa shape index (κ3) is 3.60. The minimum atomic E-state index is -3.54. The van der Waals surface area contributed by atoms with Crippen molar-refractivity contribution >= 4 is 20.9 Å². The van der Waals surface area contributed by atoms with Gasteiger partial charge in [-0.25, -0.2) is 13.4 Å². The van der Waals surface area contributed by atoms with Crippen molar-refractivity contribution in [2.75, 3.05) is 13.1 Å². The molecule has 29 heavy (non-hydrogen) atoms. The highest BCUT2D eigenvalue weighted by Crippen LogP contribution is 2.28. The van der Waals surface area contributed by atoms with Gasteiger partial charge in [-0.3, -0.25) is 9.36 Å². The van der Waals surface area contributed by atoms with Crippen LogP contribution >= 0.6 is 0 Å². The first-order valence-electron chi connectivity index (χ1n) is 9.82. The van der Waals surface area contributed by atoms with E-state index in [0.717, 1.165) is 16.7 Å². The average Bonchev–Trinajstić information content (AvgIpc) is 2.68. The fraction of sp³-hybridized carbons (Fsp3) is 0.364. The number of nitrogens with zero attached hydrogens (tertiary/aromatic N) is 3. The van der Waals surface area contributed by atoms with Gasteiger partial charge >= 0.3 is 0 Å². The highest BCUT2D eigenvalue weighted by molar-refractivity contribution is 7.89. The minimum absolute atomic E-state index is 0.0505. The quantitative estimate of drug-likeness (QED) is 0.663. The summed E-state index contributed by atoms with van der Waals surface area (Å²) in [7, 11) is -3.54. The zero-order valence-corrected chi connectivity index (χ0v) is 17.7. The Balaban J connectivity index is 1.57. The summed E-state index contributed by atoms with van der Waals surface area (Å²) >= 11 is 0. The molecule has 0 aliphatic carbocycles. The average molecular weight is 412 g/mol. The highest BCUT2D eigenvalue weighted by Gasteiger charge is 2.31. The summed E-state index contributed by atoms with van der Waals surface area (Å²) in [4.78, 5) is 17.7. The van der Waals surface area contributed by atoms with Gasteiger partial charge < -0.3 is 0 Å². The van der Waals surface area contributed by atoms with Crippen LogP contribution in [0.25, 0.3) is 10.9 Å². The van der Waals surface area contributed by atoms with Crippen molar-refractivity contribution in [1.29, 1.82) is 0 Å². The van der Waals surface area contributed by atoms with E-state index >= 15 is 0 Å². The molecule has 1 saturated heterocycles. The van der Waals surface area contributed by atoms with E-state index in [1.54, 1.807) is 17.0 Å². The largest absolute Gasteiger partial charge is 0.296 e. The van der Waals surface area contributed by atoms with Crippen LogP contribution in [0.3, 0.4) is 0 Å². The summed E-state index contributed by atoms with van der Waals surface area (Å²) in [5, 5.41) is 0.609. The lowest BCUT2D eigenvalue weighted by Gasteiger charge is -2.32. The summed E-state index contributed by atoms with van der Waals surface area (Å²) < 4.78 is 29.4. The van der Waals surface area contributed by atoms with E-state index in [9.17, 15) is 13.2 Å². The molecule has 0 unspecified atom stereocenters. The molecule has 0 radical (unpaired) electrons. The number of rotatable bonds is 3. The maximum absolute atomic E-state index is 13.1. The number of hydrogen-bond donors (Lipinski definition) is 0. The van der Waals surface area contributed by atoms with Crippen LogP contribution in [-0.4, -0.2) is 35.4 Å². The molecule has 0 spiro atoms. The first kappa shape index (κ1) is 19.8. The summed E-state index contributed by atoms with van der Waals surface area (Å²) in [5.41, 5.74) is 3.45. The smallest absolute Gasteiger partial charge is 0.261 e. The summed E-state index contributed by atoms with van der Waals surface area (Å²) in [6, 6.07) is 11.0. The molecule has 0 amide bonds. The lowest BCUT2D eigenvalue weighted by atomic mass is 10.1. The van der Waals surface area contributed by atoms with E-state index in [-0.39, 0.29) is 11.6 Å². The van der Waals surface area contributed by atoms with Gasteiger partial charge in [0.1, 0.15) is 0 Å². The molecule has 0 atom stereocenters. The molecule has 1 fully saturated rings.